The van der Waals surface area contributed by atoms with Gasteiger partial charge in [-0.05, 0) is 64.1 Å². The molecule has 0 radical (unpaired) electrons. The lowest BCUT2D eigenvalue weighted by Gasteiger charge is -2.51. The molecule has 2 aromatic rings. The highest BCUT2D eigenvalue weighted by Gasteiger charge is 2.55. The molecule has 0 unspecified atom stereocenters. The zero-order chi connectivity index (χ0) is 23.1. The van der Waals surface area contributed by atoms with E-state index in [-0.39, 0.29) is 17.1 Å². The van der Waals surface area contributed by atoms with Crippen LogP contribution in [0.3, 0.4) is 0 Å². The first-order valence-electron chi connectivity index (χ1n) is 12.2. The number of rotatable bonds is 6. The first kappa shape index (κ1) is 22.1. The standard InChI is InChI=1S/C26H35N5O2/c1-29(2)26(21-10-5-4-6-11-21)14-12-25(13-15-26)19-30(22-16-27-23(33-3)28-17-22)24(32)31(25)18-20-8-7-9-20/h4-6,10-11,16-17,20H,7-9,12-15,18-19H2,1-3H3. The van der Waals surface area contributed by atoms with Crippen molar-refractivity contribution in [3.8, 4) is 6.01 Å². The number of urea groups is 1. The van der Waals surface area contributed by atoms with Crippen molar-refractivity contribution in [2.75, 3.05) is 39.2 Å². The quantitative estimate of drug-likeness (QED) is 0.658. The molecule has 3 fully saturated rings. The van der Waals surface area contributed by atoms with Gasteiger partial charge >= 0.3 is 12.0 Å². The van der Waals surface area contributed by atoms with Gasteiger partial charge in [-0.1, -0.05) is 36.8 Å². The van der Waals surface area contributed by atoms with Crippen molar-refractivity contribution in [3.63, 3.8) is 0 Å². The fraction of sp³-hybridized carbons (Fsp3) is 0.577. The normalized spacial score (nSPS) is 27.9. The average molecular weight is 450 g/mol. The number of carbonyl (C=O) groups is 1. The summed E-state index contributed by atoms with van der Waals surface area (Å²) in [6, 6.07) is 11.3. The second-order valence-corrected chi connectivity index (χ2v) is 10.2. The number of amides is 2. The molecule has 7 heteroatoms. The van der Waals surface area contributed by atoms with Crippen molar-refractivity contribution >= 4 is 11.7 Å². The molecule has 1 aromatic heterocycles. The van der Waals surface area contributed by atoms with Crippen LogP contribution in [0.4, 0.5) is 10.5 Å². The maximum atomic E-state index is 13.7. The van der Waals surface area contributed by atoms with Crippen LogP contribution in [-0.2, 0) is 5.54 Å². The third-order valence-corrected chi connectivity index (χ3v) is 8.44. The summed E-state index contributed by atoms with van der Waals surface area (Å²) in [5.74, 6) is 0.632. The molecule has 1 aromatic carbocycles. The Morgan fingerprint density at radius 3 is 2.27 bits per heavy atom. The van der Waals surface area contributed by atoms with Crippen molar-refractivity contribution in [1.82, 2.24) is 19.8 Å². The van der Waals surface area contributed by atoms with Crippen LogP contribution in [0.5, 0.6) is 6.01 Å². The van der Waals surface area contributed by atoms with Crippen LogP contribution < -0.4 is 9.64 Å². The summed E-state index contributed by atoms with van der Waals surface area (Å²) in [5, 5.41) is 0. The summed E-state index contributed by atoms with van der Waals surface area (Å²) >= 11 is 0. The lowest BCUT2D eigenvalue weighted by molar-refractivity contribution is 0.0172. The van der Waals surface area contributed by atoms with Crippen LogP contribution in [0.2, 0.25) is 0 Å². The molecule has 5 rings (SSSR count). The van der Waals surface area contributed by atoms with Gasteiger partial charge in [0.25, 0.3) is 0 Å². The molecule has 0 bridgehead atoms. The van der Waals surface area contributed by atoms with Crippen molar-refractivity contribution in [2.45, 2.75) is 56.0 Å². The molecule has 1 spiro atoms. The summed E-state index contributed by atoms with van der Waals surface area (Å²) in [6.07, 6.45) is 11.2. The molecule has 2 saturated carbocycles. The molecule has 0 atom stereocenters. The Kier molecular flexibility index (Phi) is 5.77. The Labute approximate surface area is 196 Å². The third-order valence-electron chi connectivity index (χ3n) is 8.44. The van der Waals surface area contributed by atoms with E-state index in [4.69, 9.17) is 4.74 Å². The number of benzene rings is 1. The molecule has 0 N–H and O–H groups in total. The number of hydrogen-bond acceptors (Lipinski definition) is 5. The van der Waals surface area contributed by atoms with Crippen LogP contribution in [-0.4, -0.2) is 65.6 Å². The van der Waals surface area contributed by atoms with Crippen LogP contribution in [0.15, 0.2) is 42.7 Å². The Morgan fingerprint density at radius 2 is 1.73 bits per heavy atom. The maximum absolute atomic E-state index is 13.7. The average Bonchev–Trinajstić information content (AvgIpc) is 3.08. The van der Waals surface area contributed by atoms with Crippen LogP contribution in [0.25, 0.3) is 0 Å². The molecule has 1 saturated heterocycles. The Morgan fingerprint density at radius 1 is 1.06 bits per heavy atom. The molecular formula is C26H35N5O2. The molecule has 1 aliphatic heterocycles. The van der Waals surface area contributed by atoms with Gasteiger partial charge in [-0.15, -0.1) is 0 Å². The van der Waals surface area contributed by atoms with Gasteiger partial charge in [0.1, 0.15) is 0 Å². The van der Waals surface area contributed by atoms with E-state index in [9.17, 15) is 4.79 Å². The minimum Gasteiger partial charge on any atom is -0.467 e. The second kappa shape index (κ2) is 8.60. The number of nitrogens with zero attached hydrogens (tertiary/aromatic N) is 5. The molecule has 2 aliphatic carbocycles. The largest absolute Gasteiger partial charge is 0.467 e. The summed E-state index contributed by atoms with van der Waals surface area (Å²) in [6.45, 7) is 1.57. The van der Waals surface area contributed by atoms with E-state index in [0.29, 0.717) is 18.5 Å². The Balaban J connectivity index is 1.44. The number of aromatic nitrogens is 2. The zero-order valence-corrected chi connectivity index (χ0v) is 20.0. The molecule has 2 heterocycles. The van der Waals surface area contributed by atoms with Gasteiger partial charge in [-0.3, -0.25) is 9.80 Å². The van der Waals surface area contributed by atoms with Crippen molar-refractivity contribution < 1.29 is 9.53 Å². The first-order valence-corrected chi connectivity index (χ1v) is 12.2. The highest BCUT2D eigenvalue weighted by Crippen LogP contribution is 2.50. The van der Waals surface area contributed by atoms with Crippen molar-refractivity contribution in [3.05, 3.63) is 48.3 Å². The minimum absolute atomic E-state index is 0.00828. The SMILES string of the molecule is COc1ncc(N2CC3(CCC(c4ccccc4)(N(C)C)CC3)N(CC3CCC3)C2=O)cn1. The van der Waals surface area contributed by atoms with E-state index in [1.807, 2.05) is 4.90 Å². The molecule has 176 valence electrons. The monoisotopic (exact) mass is 449 g/mol. The predicted molar refractivity (Wildman–Crippen MR) is 128 cm³/mol. The van der Waals surface area contributed by atoms with E-state index >= 15 is 0 Å². The van der Waals surface area contributed by atoms with Gasteiger partial charge in [-0.2, -0.15) is 0 Å². The predicted octanol–water partition coefficient (Wildman–Crippen LogP) is 4.30. The van der Waals surface area contributed by atoms with Crippen molar-refractivity contribution in [1.29, 1.82) is 0 Å². The van der Waals surface area contributed by atoms with Gasteiger partial charge in [0.2, 0.25) is 0 Å². The summed E-state index contributed by atoms with van der Waals surface area (Å²) in [4.78, 5) is 28.7. The van der Waals surface area contributed by atoms with Gasteiger partial charge in [0, 0.05) is 12.1 Å². The smallest absolute Gasteiger partial charge is 0.325 e. The number of anilines is 1. The van der Waals surface area contributed by atoms with Gasteiger partial charge in [0.15, 0.2) is 0 Å². The van der Waals surface area contributed by atoms with Crippen LogP contribution in [0, 0.1) is 5.92 Å². The Hall–Kier alpha value is -2.67. The lowest BCUT2D eigenvalue weighted by Crippen LogP contribution is -2.56. The van der Waals surface area contributed by atoms with E-state index in [2.05, 4.69) is 64.2 Å². The Bertz CT molecular complexity index is 966. The van der Waals surface area contributed by atoms with Gasteiger partial charge < -0.3 is 9.64 Å². The highest BCUT2D eigenvalue weighted by atomic mass is 16.5. The van der Waals surface area contributed by atoms with E-state index < -0.39 is 0 Å². The fourth-order valence-electron chi connectivity index (χ4n) is 6.06. The van der Waals surface area contributed by atoms with Gasteiger partial charge in [0.05, 0.1) is 37.3 Å². The van der Waals surface area contributed by atoms with Crippen LogP contribution in [0.1, 0.15) is 50.5 Å². The number of ether oxygens (including phenoxy) is 1. The lowest BCUT2D eigenvalue weighted by atomic mass is 9.68. The summed E-state index contributed by atoms with van der Waals surface area (Å²) in [7, 11) is 5.94. The number of methoxy groups -OCH3 is 1. The molecular weight excluding hydrogens is 414 g/mol. The summed E-state index contributed by atoms with van der Waals surface area (Å²) < 4.78 is 5.11. The third kappa shape index (κ3) is 3.76. The van der Waals surface area contributed by atoms with Crippen molar-refractivity contribution in [2.24, 2.45) is 5.92 Å². The van der Waals surface area contributed by atoms with E-state index in [1.165, 1.54) is 24.8 Å². The molecule has 7 nitrogen and oxygen atoms in total. The highest BCUT2D eigenvalue weighted by molar-refractivity contribution is 5.95. The molecule has 33 heavy (non-hydrogen) atoms. The molecule has 2 amide bonds. The topological polar surface area (TPSA) is 61.8 Å². The van der Waals surface area contributed by atoms with E-state index in [0.717, 1.165) is 37.9 Å². The van der Waals surface area contributed by atoms with Gasteiger partial charge in [-0.25, -0.2) is 14.8 Å². The van der Waals surface area contributed by atoms with Crippen LogP contribution >= 0.6 is 0 Å². The summed E-state index contributed by atoms with van der Waals surface area (Å²) in [5.41, 5.74) is 2.00. The van der Waals surface area contributed by atoms with E-state index in [1.54, 1.807) is 19.5 Å². The fourth-order valence-corrected chi connectivity index (χ4v) is 6.06. The minimum atomic E-state index is -0.138. The second-order valence-electron chi connectivity index (χ2n) is 10.2. The molecule has 3 aliphatic rings. The number of hydrogen-bond donors (Lipinski definition) is 0. The maximum Gasteiger partial charge on any atom is 0.325 e. The number of carbonyl (C=O) groups excluding carboxylic acids is 1. The zero-order valence-electron chi connectivity index (χ0n) is 20.0. The first-order chi connectivity index (χ1) is 16.0.